The summed E-state index contributed by atoms with van der Waals surface area (Å²) in [7, 11) is 0. The van der Waals surface area contributed by atoms with Crippen LogP contribution in [0.5, 0.6) is 5.88 Å². The van der Waals surface area contributed by atoms with Gasteiger partial charge in [-0.3, -0.25) is 0 Å². The molecule has 1 fully saturated rings. The van der Waals surface area contributed by atoms with Crippen LogP contribution in [0.3, 0.4) is 0 Å². The van der Waals surface area contributed by atoms with Crippen molar-refractivity contribution < 1.29 is 9.15 Å². The zero-order chi connectivity index (χ0) is 11.8. The van der Waals surface area contributed by atoms with Gasteiger partial charge in [-0.15, -0.1) is 10.2 Å². The number of rotatable bonds is 3. The molecular formula is C11H10BrN3O2. The van der Waals surface area contributed by atoms with Gasteiger partial charge in [0.25, 0.3) is 10.7 Å². The lowest BCUT2D eigenvalue weighted by atomic mass is 10.2. The minimum Gasteiger partial charge on any atom is -0.474 e. The molecule has 1 aliphatic rings. The second-order valence-electron chi connectivity index (χ2n) is 3.96. The Morgan fingerprint density at radius 1 is 1.35 bits per heavy atom. The van der Waals surface area contributed by atoms with E-state index < -0.39 is 0 Å². The summed E-state index contributed by atoms with van der Waals surface area (Å²) in [6, 6.07) is 3.72. The zero-order valence-electron chi connectivity index (χ0n) is 9.18. The third-order valence-corrected chi connectivity index (χ3v) is 2.82. The summed E-state index contributed by atoms with van der Waals surface area (Å²) >= 11 is 3.12. The van der Waals surface area contributed by atoms with Crippen LogP contribution in [-0.4, -0.2) is 21.3 Å². The number of aryl methyl sites for hydroxylation is 1. The minimum atomic E-state index is 0.352. The number of hydrogen-bond acceptors (Lipinski definition) is 5. The van der Waals surface area contributed by atoms with Gasteiger partial charge < -0.3 is 9.15 Å². The van der Waals surface area contributed by atoms with E-state index in [2.05, 4.69) is 31.1 Å². The van der Waals surface area contributed by atoms with Crippen LogP contribution < -0.4 is 4.74 Å². The highest BCUT2D eigenvalue weighted by Gasteiger charge is 2.24. The van der Waals surface area contributed by atoms with E-state index in [0.29, 0.717) is 22.7 Å². The fourth-order valence-electron chi connectivity index (χ4n) is 1.50. The molecule has 2 aromatic heterocycles. The maximum absolute atomic E-state index is 5.62. The molecular weight excluding hydrogens is 286 g/mol. The number of halogens is 1. The predicted molar refractivity (Wildman–Crippen MR) is 63.6 cm³/mol. The van der Waals surface area contributed by atoms with Crippen LogP contribution in [0, 0.1) is 6.92 Å². The molecule has 0 aromatic carbocycles. The van der Waals surface area contributed by atoms with E-state index in [4.69, 9.17) is 9.15 Å². The van der Waals surface area contributed by atoms with Crippen LogP contribution in [0.4, 0.5) is 0 Å². The third kappa shape index (κ3) is 2.31. The summed E-state index contributed by atoms with van der Waals surface area (Å²) in [4.78, 5) is 4.74. The topological polar surface area (TPSA) is 61.0 Å². The van der Waals surface area contributed by atoms with Gasteiger partial charge in [0.2, 0.25) is 5.88 Å². The quantitative estimate of drug-likeness (QED) is 0.871. The average molecular weight is 296 g/mol. The Hall–Kier alpha value is -1.43. The molecule has 0 amide bonds. The number of ether oxygens (including phenoxy) is 1. The van der Waals surface area contributed by atoms with Gasteiger partial charge in [0.15, 0.2) is 0 Å². The molecule has 0 radical (unpaired) electrons. The van der Waals surface area contributed by atoms with Gasteiger partial charge in [0.05, 0.1) is 11.3 Å². The van der Waals surface area contributed by atoms with Crippen LogP contribution in [0.2, 0.25) is 0 Å². The summed E-state index contributed by atoms with van der Waals surface area (Å²) in [5, 5.41) is 7.66. The molecule has 0 aliphatic heterocycles. The fraction of sp³-hybridized carbons (Fsp3) is 0.364. The summed E-state index contributed by atoms with van der Waals surface area (Å²) in [6.45, 7) is 1.90. The van der Waals surface area contributed by atoms with Crippen molar-refractivity contribution in [3.8, 4) is 17.3 Å². The molecule has 2 heterocycles. The third-order valence-electron chi connectivity index (χ3n) is 2.50. The Bertz CT molecular complexity index is 551. The first-order chi connectivity index (χ1) is 8.22. The lowest BCUT2D eigenvalue weighted by Crippen LogP contribution is -1.99. The number of hydrogen-bond donors (Lipinski definition) is 0. The van der Waals surface area contributed by atoms with E-state index in [0.717, 1.165) is 24.1 Å². The molecule has 0 bridgehead atoms. The molecule has 0 N–H and O–H groups in total. The van der Waals surface area contributed by atoms with Gasteiger partial charge in [0, 0.05) is 22.0 Å². The molecule has 88 valence electrons. The molecule has 17 heavy (non-hydrogen) atoms. The minimum absolute atomic E-state index is 0.352. The van der Waals surface area contributed by atoms with Crippen molar-refractivity contribution in [2.75, 3.05) is 0 Å². The smallest absolute Gasteiger partial charge is 0.285 e. The van der Waals surface area contributed by atoms with Crippen molar-refractivity contribution in [1.82, 2.24) is 15.2 Å². The molecule has 5 nitrogen and oxygen atoms in total. The molecule has 2 aromatic rings. The van der Waals surface area contributed by atoms with E-state index in [1.54, 1.807) is 0 Å². The Morgan fingerprint density at radius 3 is 2.76 bits per heavy atom. The summed E-state index contributed by atoms with van der Waals surface area (Å²) < 4.78 is 10.9. The van der Waals surface area contributed by atoms with Gasteiger partial charge in [-0.05, 0) is 25.8 Å². The van der Waals surface area contributed by atoms with E-state index in [1.165, 1.54) is 0 Å². The van der Waals surface area contributed by atoms with Crippen LogP contribution in [0.25, 0.3) is 11.5 Å². The highest BCUT2D eigenvalue weighted by Crippen LogP contribution is 2.28. The van der Waals surface area contributed by atoms with Gasteiger partial charge in [-0.25, -0.2) is 4.98 Å². The SMILES string of the molecule is Cc1nc(OC2CC2)ccc1-c1nnc(Br)o1. The highest BCUT2D eigenvalue weighted by atomic mass is 79.9. The normalized spacial score (nSPS) is 14.9. The van der Waals surface area contributed by atoms with Gasteiger partial charge >= 0.3 is 0 Å². The van der Waals surface area contributed by atoms with Crippen molar-refractivity contribution in [2.24, 2.45) is 0 Å². The van der Waals surface area contributed by atoms with Gasteiger partial charge in [-0.1, -0.05) is 0 Å². The average Bonchev–Trinajstić information content (AvgIpc) is 3.00. The van der Waals surface area contributed by atoms with Crippen LogP contribution in [-0.2, 0) is 0 Å². The molecule has 0 saturated heterocycles. The molecule has 1 aliphatic carbocycles. The first-order valence-corrected chi connectivity index (χ1v) is 6.15. The van der Waals surface area contributed by atoms with Gasteiger partial charge in [0.1, 0.15) is 6.10 Å². The van der Waals surface area contributed by atoms with Crippen molar-refractivity contribution in [2.45, 2.75) is 25.9 Å². The monoisotopic (exact) mass is 295 g/mol. The van der Waals surface area contributed by atoms with Crippen LogP contribution in [0.15, 0.2) is 21.3 Å². The standard InChI is InChI=1S/C11H10BrN3O2/c1-6-8(10-14-15-11(12)17-10)4-5-9(13-6)16-7-2-3-7/h4-5,7H,2-3H2,1H3. The molecule has 0 atom stereocenters. The van der Waals surface area contributed by atoms with Gasteiger partial charge in [-0.2, -0.15) is 0 Å². The number of aromatic nitrogens is 3. The Morgan fingerprint density at radius 2 is 2.18 bits per heavy atom. The van der Waals surface area contributed by atoms with Crippen molar-refractivity contribution >= 4 is 15.9 Å². The Labute approximate surface area is 106 Å². The van der Waals surface area contributed by atoms with E-state index in [-0.39, 0.29) is 0 Å². The number of nitrogens with zero attached hydrogens (tertiary/aromatic N) is 3. The maximum atomic E-state index is 5.62. The maximum Gasteiger partial charge on any atom is 0.285 e. The summed E-state index contributed by atoms with van der Waals surface area (Å²) in [6.07, 6.45) is 2.60. The largest absolute Gasteiger partial charge is 0.474 e. The fourth-order valence-corrected chi connectivity index (χ4v) is 1.73. The zero-order valence-corrected chi connectivity index (χ0v) is 10.8. The van der Waals surface area contributed by atoms with Crippen molar-refractivity contribution in [3.05, 3.63) is 22.6 Å². The lowest BCUT2D eigenvalue weighted by molar-refractivity contribution is 0.290. The van der Waals surface area contributed by atoms with Crippen LogP contribution in [0.1, 0.15) is 18.5 Å². The van der Waals surface area contributed by atoms with E-state index >= 15 is 0 Å². The van der Waals surface area contributed by atoms with E-state index in [9.17, 15) is 0 Å². The molecule has 1 saturated carbocycles. The number of pyridine rings is 1. The van der Waals surface area contributed by atoms with Crippen molar-refractivity contribution in [3.63, 3.8) is 0 Å². The second-order valence-corrected chi connectivity index (χ2v) is 4.64. The Kier molecular flexibility index (Phi) is 2.58. The molecule has 3 rings (SSSR count). The highest BCUT2D eigenvalue weighted by molar-refractivity contribution is 9.10. The first-order valence-electron chi connectivity index (χ1n) is 5.36. The Balaban J connectivity index is 1.90. The summed E-state index contributed by atoms with van der Waals surface area (Å²) in [5.74, 6) is 1.12. The lowest BCUT2D eigenvalue weighted by Gasteiger charge is -2.05. The predicted octanol–water partition coefficient (Wildman–Crippen LogP) is 2.74. The molecule has 0 unspecified atom stereocenters. The molecule has 0 spiro atoms. The summed E-state index contributed by atoms with van der Waals surface area (Å²) in [5.41, 5.74) is 1.64. The van der Waals surface area contributed by atoms with Crippen molar-refractivity contribution in [1.29, 1.82) is 0 Å². The van der Waals surface area contributed by atoms with Crippen LogP contribution >= 0.6 is 15.9 Å². The second kappa shape index (κ2) is 4.10. The first kappa shape index (κ1) is 10.7. The molecule has 6 heteroatoms. The van der Waals surface area contributed by atoms with E-state index in [1.807, 2.05) is 19.1 Å².